The summed E-state index contributed by atoms with van der Waals surface area (Å²) in [5.41, 5.74) is 3.68. The van der Waals surface area contributed by atoms with Crippen LogP contribution in [0.3, 0.4) is 0 Å². The lowest BCUT2D eigenvalue weighted by Gasteiger charge is -2.35. The largest absolute Gasteiger partial charge is 0.396 e. The molecular formula is C21H31NO3. The fourth-order valence-electron chi connectivity index (χ4n) is 3.80. The Bertz CT molecular complexity index is 603. The molecule has 3 rings (SSSR count). The summed E-state index contributed by atoms with van der Waals surface area (Å²) >= 11 is 0. The highest BCUT2D eigenvalue weighted by molar-refractivity contribution is 5.77. The van der Waals surface area contributed by atoms with Gasteiger partial charge in [-0.1, -0.05) is 18.2 Å². The molecule has 1 aliphatic carbocycles. The van der Waals surface area contributed by atoms with E-state index >= 15 is 0 Å². The van der Waals surface area contributed by atoms with Gasteiger partial charge in [0, 0.05) is 31.6 Å². The second-order valence-corrected chi connectivity index (χ2v) is 8.04. The molecule has 25 heavy (non-hydrogen) atoms. The van der Waals surface area contributed by atoms with E-state index in [1.165, 1.54) is 29.5 Å². The maximum Gasteiger partial charge on any atom is 0.220 e. The van der Waals surface area contributed by atoms with E-state index in [-0.39, 0.29) is 17.9 Å². The molecule has 1 atom stereocenters. The van der Waals surface area contributed by atoms with Crippen molar-refractivity contribution in [3.63, 3.8) is 0 Å². The number of aliphatic hydroxyl groups excluding tert-OH is 1. The van der Waals surface area contributed by atoms with Gasteiger partial charge in [0.2, 0.25) is 5.91 Å². The molecule has 4 heteroatoms. The zero-order chi connectivity index (χ0) is 17.9. The lowest BCUT2D eigenvalue weighted by molar-refractivity contribution is -0.122. The highest BCUT2D eigenvalue weighted by Crippen LogP contribution is 2.44. The van der Waals surface area contributed by atoms with Crippen LogP contribution in [0.1, 0.15) is 54.7 Å². The molecule has 1 saturated heterocycles. The molecule has 0 radical (unpaired) electrons. The van der Waals surface area contributed by atoms with Crippen LogP contribution in [0.15, 0.2) is 18.2 Å². The van der Waals surface area contributed by atoms with Gasteiger partial charge in [-0.15, -0.1) is 0 Å². The zero-order valence-corrected chi connectivity index (χ0v) is 15.5. The zero-order valence-electron chi connectivity index (χ0n) is 15.5. The Kier molecular flexibility index (Phi) is 5.80. The van der Waals surface area contributed by atoms with Crippen LogP contribution < -0.4 is 5.32 Å². The van der Waals surface area contributed by atoms with Gasteiger partial charge < -0.3 is 15.2 Å². The van der Waals surface area contributed by atoms with E-state index in [0.29, 0.717) is 38.0 Å². The molecule has 4 nitrogen and oxygen atoms in total. The van der Waals surface area contributed by atoms with Crippen molar-refractivity contribution in [2.45, 2.75) is 51.9 Å². The average molecular weight is 345 g/mol. The fourth-order valence-corrected chi connectivity index (χ4v) is 3.80. The first-order chi connectivity index (χ1) is 12.0. The predicted octanol–water partition coefficient (Wildman–Crippen LogP) is 3.09. The Morgan fingerprint density at radius 1 is 1.28 bits per heavy atom. The lowest BCUT2D eigenvalue weighted by atomic mass is 9.81. The quantitative estimate of drug-likeness (QED) is 0.798. The third-order valence-electron chi connectivity index (χ3n) is 6.10. The van der Waals surface area contributed by atoms with Gasteiger partial charge in [-0.2, -0.15) is 0 Å². The van der Waals surface area contributed by atoms with Crippen LogP contribution in [0, 0.1) is 25.2 Å². The molecule has 1 aromatic rings. The number of carbonyl (C=O) groups excluding carboxylic acids is 1. The first kappa shape index (κ1) is 18.4. The van der Waals surface area contributed by atoms with Crippen LogP contribution in [-0.4, -0.2) is 37.4 Å². The molecule has 1 amide bonds. The van der Waals surface area contributed by atoms with Crippen molar-refractivity contribution in [2.75, 3.05) is 26.4 Å². The topological polar surface area (TPSA) is 58.6 Å². The molecule has 1 heterocycles. The molecule has 1 saturated carbocycles. The fraction of sp³-hybridized carbons (Fsp3) is 0.667. The van der Waals surface area contributed by atoms with Crippen molar-refractivity contribution in [3.05, 3.63) is 34.9 Å². The highest BCUT2D eigenvalue weighted by Gasteiger charge is 2.35. The van der Waals surface area contributed by atoms with Crippen LogP contribution in [-0.2, 0) is 9.53 Å². The molecule has 2 aliphatic rings. The van der Waals surface area contributed by atoms with Crippen LogP contribution in [0.4, 0.5) is 0 Å². The summed E-state index contributed by atoms with van der Waals surface area (Å²) < 4.78 is 5.39. The molecule has 2 N–H and O–H groups in total. The van der Waals surface area contributed by atoms with Gasteiger partial charge in [-0.05, 0) is 68.1 Å². The molecule has 1 aromatic carbocycles. The number of rotatable bonds is 7. The van der Waals surface area contributed by atoms with Crippen molar-refractivity contribution in [2.24, 2.45) is 11.3 Å². The normalized spacial score (nSPS) is 20.9. The van der Waals surface area contributed by atoms with E-state index in [9.17, 15) is 9.90 Å². The number of nitrogens with one attached hydrogen (secondary N) is 1. The van der Waals surface area contributed by atoms with Crippen LogP contribution >= 0.6 is 0 Å². The molecule has 138 valence electrons. The van der Waals surface area contributed by atoms with Gasteiger partial charge in [0.15, 0.2) is 0 Å². The number of ether oxygens (including phenoxy) is 1. The summed E-state index contributed by atoms with van der Waals surface area (Å²) in [5.74, 6) is 1.07. The Balaban J connectivity index is 1.60. The monoisotopic (exact) mass is 345 g/mol. The van der Waals surface area contributed by atoms with Crippen LogP contribution in [0.2, 0.25) is 0 Å². The molecule has 1 aliphatic heterocycles. The maximum absolute atomic E-state index is 12.6. The maximum atomic E-state index is 12.6. The molecule has 2 fully saturated rings. The third kappa shape index (κ3) is 4.62. The van der Waals surface area contributed by atoms with Gasteiger partial charge in [0.1, 0.15) is 0 Å². The summed E-state index contributed by atoms with van der Waals surface area (Å²) in [7, 11) is 0. The standard InChI is InChI=1S/C21H31NO3/c1-15-3-4-18(11-16(15)2)19(17-5-6-17)12-20(24)22-13-21(14-23)7-9-25-10-8-21/h3-4,11,17,19,23H,5-10,12-14H2,1-2H3,(H,22,24). The summed E-state index contributed by atoms with van der Waals surface area (Å²) in [4.78, 5) is 12.6. The number of amides is 1. The third-order valence-corrected chi connectivity index (χ3v) is 6.10. The average Bonchev–Trinajstić information content (AvgIpc) is 3.46. The first-order valence-corrected chi connectivity index (χ1v) is 9.55. The minimum Gasteiger partial charge on any atom is -0.396 e. The minimum absolute atomic E-state index is 0.106. The molecule has 0 spiro atoms. The first-order valence-electron chi connectivity index (χ1n) is 9.55. The minimum atomic E-state index is -0.205. The van der Waals surface area contributed by atoms with Gasteiger partial charge in [-0.3, -0.25) is 4.79 Å². The predicted molar refractivity (Wildman–Crippen MR) is 98.6 cm³/mol. The van der Waals surface area contributed by atoms with E-state index in [1.807, 2.05) is 0 Å². The molecule has 1 unspecified atom stereocenters. The van der Waals surface area contributed by atoms with Crippen molar-refractivity contribution in [3.8, 4) is 0 Å². The summed E-state index contributed by atoms with van der Waals surface area (Å²) in [5, 5.41) is 12.9. The van der Waals surface area contributed by atoms with Gasteiger partial charge >= 0.3 is 0 Å². The Labute approximate surface area is 151 Å². The molecule has 0 bridgehead atoms. The van der Waals surface area contributed by atoms with Crippen molar-refractivity contribution < 1.29 is 14.6 Å². The highest BCUT2D eigenvalue weighted by atomic mass is 16.5. The number of aryl methyl sites for hydroxylation is 2. The SMILES string of the molecule is Cc1ccc(C(CC(=O)NCC2(CO)CCOCC2)C2CC2)cc1C. The summed E-state index contributed by atoms with van der Waals surface area (Å²) in [6.07, 6.45) is 4.62. The van der Waals surface area contributed by atoms with E-state index in [0.717, 1.165) is 12.8 Å². The molecular weight excluding hydrogens is 314 g/mol. The van der Waals surface area contributed by atoms with Crippen LogP contribution in [0.25, 0.3) is 0 Å². The second kappa shape index (κ2) is 7.88. The van der Waals surface area contributed by atoms with E-state index < -0.39 is 0 Å². The summed E-state index contributed by atoms with van der Waals surface area (Å²) in [6.45, 7) is 6.27. The number of aliphatic hydroxyl groups is 1. The van der Waals surface area contributed by atoms with Gasteiger partial charge in [0.25, 0.3) is 0 Å². The van der Waals surface area contributed by atoms with Crippen LogP contribution in [0.5, 0.6) is 0 Å². The number of carbonyl (C=O) groups is 1. The number of hydrogen-bond acceptors (Lipinski definition) is 3. The lowest BCUT2D eigenvalue weighted by Crippen LogP contribution is -2.44. The summed E-state index contributed by atoms with van der Waals surface area (Å²) in [6, 6.07) is 6.60. The van der Waals surface area contributed by atoms with Crippen molar-refractivity contribution >= 4 is 5.91 Å². The molecule has 0 aromatic heterocycles. The number of benzene rings is 1. The van der Waals surface area contributed by atoms with E-state index in [4.69, 9.17) is 4.74 Å². The van der Waals surface area contributed by atoms with Crippen molar-refractivity contribution in [1.82, 2.24) is 5.32 Å². The Morgan fingerprint density at radius 3 is 2.60 bits per heavy atom. The van der Waals surface area contributed by atoms with E-state index in [2.05, 4.69) is 37.4 Å². The smallest absolute Gasteiger partial charge is 0.220 e. The Morgan fingerprint density at radius 2 is 2.00 bits per heavy atom. The van der Waals surface area contributed by atoms with Gasteiger partial charge in [-0.25, -0.2) is 0 Å². The van der Waals surface area contributed by atoms with Gasteiger partial charge in [0.05, 0.1) is 6.61 Å². The number of hydrogen-bond donors (Lipinski definition) is 2. The second-order valence-electron chi connectivity index (χ2n) is 8.04. The van der Waals surface area contributed by atoms with Crippen molar-refractivity contribution in [1.29, 1.82) is 0 Å². The Hall–Kier alpha value is -1.39. The van der Waals surface area contributed by atoms with E-state index in [1.54, 1.807) is 0 Å².